The molecule has 0 saturated heterocycles. The molecule has 1 aromatic carbocycles. The lowest BCUT2D eigenvalue weighted by Crippen LogP contribution is -2.00. The van der Waals surface area contributed by atoms with Crippen LogP contribution in [0.3, 0.4) is 0 Å². The molecule has 1 heterocycles. The summed E-state index contributed by atoms with van der Waals surface area (Å²) in [6.45, 7) is 0.127. The highest BCUT2D eigenvalue weighted by molar-refractivity contribution is 6.32. The zero-order valence-corrected chi connectivity index (χ0v) is 11.1. The summed E-state index contributed by atoms with van der Waals surface area (Å²) in [5.41, 5.74) is 0.109. The Morgan fingerprint density at radius 3 is 2.95 bits per heavy atom. The molecule has 0 aliphatic heterocycles. The van der Waals surface area contributed by atoms with Crippen molar-refractivity contribution in [3.63, 3.8) is 0 Å². The number of nitrogens with zero attached hydrogens (tertiary/aromatic N) is 2. The van der Waals surface area contributed by atoms with E-state index in [1.54, 1.807) is 0 Å². The van der Waals surface area contributed by atoms with E-state index in [1.165, 1.54) is 18.2 Å². The second kappa shape index (κ2) is 5.13. The molecule has 20 heavy (non-hydrogen) atoms. The summed E-state index contributed by atoms with van der Waals surface area (Å²) >= 11 is 5.95. The summed E-state index contributed by atoms with van der Waals surface area (Å²) in [6.07, 6.45) is 2.18. The molecule has 0 atom stereocenters. The van der Waals surface area contributed by atoms with Crippen LogP contribution in [0.25, 0.3) is 0 Å². The van der Waals surface area contributed by atoms with Gasteiger partial charge in [-0.05, 0) is 31.0 Å². The highest BCUT2D eigenvalue weighted by Gasteiger charge is 2.29. The maximum atomic E-state index is 10.8. The third-order valence-corrected chi connectivity index (χ3v) is 3.24. The Morgan fingerprint density at radius 1 is 1.50 bits per heavy atom. The predicted octanol–water partition coefficient (Wildman–Crippen LogP) is 2.88. The Balaban J connectivity index is 1.66. The quantitative estimate of drug-likeness (QED) is 0.912. The first kappa shape index (κ1) is 12.9. The summed E-state index contributed by atoms with van der Waals surface area (Å²) in [4.78, 5) is 15.0. The van der Waals surface area contributed by atoms with Crippen molar-refractivity contribution >= 4 is 17.6 Å². The molecule has 6 nitrogen and oxygen atoms in total. The number of hydrogen-bond acceptors (Lipinski definition) is 5. The second-order valence-electron chi connectivity index (χ2n) is 4.56. The van der Waals surface area contributed by atoms with E-state index in [1.807, 2.05) is 0 Å². The fraction of sp³-hybridized carbons (Fsp3) is 0.308. The predicted molar refractivity (Wildman–Crippen MR) is 69.0 cm³/mol. The van der Waals surface area contributed by atoms with Crippen LogP contribution in [0.5, 0.6) is 5.75 Å². The summed E-state index contributed by atoms with van der Waals surface area (Å²) in [5, 5.41) is 12.9. The van der Waals surface area contributed by atoms with E-state index < -0.39 is 5.97 Å². The topological polar surface area (TPSA) is 85.5 Å². The third kappa shape index (κ3) is 2.75. The molecule has 0 unspecified atom stereocenters. The number of hydrogen-bond donors (Lipinski definition) is 1. The van der Waals surface area contributed by atoms with Gasteiger partial charge in [-0.2, -0.15) is 4.98 Å². The zero-order valence-electron chi connectivity index (χ0n) is 10.4. The molecule has 0 bridgehead atoms. The van der Waals surface area contributed by atoms with Gasteiger partial charge in [0, 0.05) is 5.92 Å². The Morgan fingerprint density at radius 2 is 2.30 bits per heavy atom. The fourth-order valence-corrected chi connectivity index (χ4v) is 1.95. The average molecular weight is 295 g/mol. The Bertz CT molecular complexity index is 652. The van der Waals surface area contributed by atoms with E-state index in [0.717, 1.165) is 12.8 Å². The molecule has 1 N–H and O–H groups in total. The van der Waals surface area contributed by atoms with Crippen LogP contribution in [0.2, 0.25) is 5.02 Å². The van der Waals surface area contributed by atoms with Gasteiger partial charge >= 0.3 is 5.97 Å². The molecule has 2 aromatic rings. The van der Waals surface area contributed by atoms with Crippen molar-refractivity contribution in [2.24, 2.45) is 0 Å². The Kier molecular flexibility index (Phi) is 3.31. The van der Waals surface area contributed by atoms with Crippen molar-refractivity contribution < 1.29 is 19.2 Å². The van der Waals surface area contributed by atoms with Gasteiger partial charge in [-0.15, -0.1) is 0 Å². The Labute approximate surface area is 119 Å². The molecule has 0 amide bonds. The lowest BCUT2D eigenvalue weighted by molar-refractivity contribution is 0.0697. The van der Waals surface area contributed by atoms with Crippen LogP contribution in [-0.4, -0.2) is 21.2 Å². The molecule has 1 aromatic heterocycles. The normalized spacial score (nSPS) is 14.2. The molecule has 1 aliphatic rings. The molecule has 1 saturated carbocycles. The van der Waals surface area contributed by atoms with Gasteiger partial charge in [0.15, 0.2) is 6.61 Å². The molecule has 7 heteroatoms. The molecule has 0 radical (unpaired) electrons. The monoisotopic (exact) mass is 294 g/mol. The van der Waals surface area contributed by atoms with Gasteiger partial charge in [-0.3, -0.25) is 0 Å². The molecule has 3 rings (SSSR count). The van der Waals surface area contributed by atoms with Crippen molar-refractivity contribution in [3.8, 4) is 5.75 Å². The van der Waals surface area contributed by atoms with Crippen molar-refractivity contribution in [2.75, 3.05) is 0 Å². The minimum absolute atomic E-state index is 0.109. The number of rotatable bonds is 5. The highest BCUT2D eigenvalue weighted by Crippen LogP contribution is 2.38. The van der Waals surface area contributed by atoms with Gasteiger partial charge in [0.05, 0.1) is 10.6 Å². The lowest BCUT2D eigenvalue weighted by atomic mass is 10.2. The maximum absolute atomic E-state index is 10.8. The maximum Gasteiger partial charge on any atom is 0.335 e. The number of aromatic nitrogens is 2. The summed E-state index contributed by atoms with van der Waals surface area (Å²) in [7, 11) is 0. The van der Waals surface area contributed by atoms with Crippen LogP contribution < -0.4 is 4.74 Å². The zero-order chi connectivity index (χ0) is 14.1. The van der Waals surface area contributed by atoms with Gasteiger partial charge in [-0.25, -0.2) is 4.79 Å². The van der Waals surface area contributed by atoms with Crippen LogP contribution in [0.4, 0.5) is 0 Å². The second-order valence-corrected chi connectivity index (χ2v) is 4.97. The fourth-order valence-electron chi connectivity index (χ4n) is 1.72. The first-order valence-corrected chi connectivity index (χ1v) is 6.49. The number of ether oxygens (including phenoxy) is 1. The number of carboxylic acids is 1. The summed E-state index contributed by atoms with van der Waals surface area (Å²) < 4.78 is 10.6. The van der Waals surface area contributed by atoms with E-state index in [0.29, 0.717) is 23.4 Å². The number of benzene rings is 1. The van der Waals surface area contributed by atoms with Crippen LogP contribution in [-0.2, 0) is 6.61 Å². The number of carbonyl (C=O) groups is 1. The van der Waals surface area contributed by atoms with Crippen molar-refractivity contribution in [2.45, 2.75) is 25.4 Å². The van der Waals surface area contributed by atoms with Crippen molar-refractivity contribution in [1.82, 2.24) is 10.1 Å². The first-order valence-electron chi connectivity index (χ1n) is 6.11. The SMILES string of the molecule is O=C(O)c1ccc(OCc2noc(C3CC3)n2)c(Cl)c1. The van der Waals surface area contributed by atoms with Gasteiger partial charge in [0.2, 0.25) is 11.7 Å². The van der Waals surface area contributed by atoms with Crippen LogP contribution >= 0.6 is 11.6 Å². The molecule has 1 fully saturated rings. The van der Waals surface area contributed by atoms with Crippen molar-refractivity contribution in [1.29, 1.82) is 0 Å². The van der Waals surface area contributed by atoms with Gasteiger partial charge < -0.3 is 14.4 Å². The van der Waals surface area contributed by atoms with Gasteiger partial charge in [-0.1, -0.05) is 16.8 Å². The first-order chi connectivity index (χ1) is 9.63. The minimum Gasteiger partial charge on any atom is -0.484 e. The standard InChI is InChI=1S/C13H11ClN2O4/c14-9-5-8(13(17)18)3-4-10(9)19-6-11-15-12(20-16-11)7-1-2-7/h3-5,7H,1-2,6H2,(H,17,18). The summed E-state index contributed by atoms with van der Waals surface area (Å²) in [5.74, 6) is 0.844. The number of carboxylic acid groups (broad SMARTS) is 1. The van der Waals surface area contributed by atoms with E-state index in [9.17, 15) is 4.79 Å². The van der Waals surface area contributed by atoms with Crippen LogP contribution in [0, 0.1) is 0 Å². The molecular weight excluding hydrogens is 284 g/mol. The number of halogens is 1. The largest absolute Gasteiger partial charge is 0.484 e. The van der Waals surface area contributed by atoms with E-state index in [-0.39, 0.29) is 17.2 Å². The lowest BCUT2D eigenvalue weighted by Gasteiger charge is -2.06. The van der Waals surface area contributed by atoms with E-state index in [4.69, 9.17) is 26.0 Å². The smallest absolute Gasteiger partial charge is 0.335 e. The summed E-state index contributed by atoms with van der Waals surface area (Å²) in [6, 6.07) is 4.27. The van der Waals surface area contributed by atoms with E-state index >= 15 is 0 Å². The molecule has 1 aliphatic carbocycles. The van der Waals surface area contributed by atoms with Gasteiger partial charge in [0.25, 0.3) is 0 Å². The third-order valence-electron chi connectivity index (χ3n) is 2.95. The average Bonchev–Trinajstić information content (AvgIpc) is 3.17. The Hall–Kier alpha value is -2.08. The molecule has 104 valence electrons. The highest BCUT2D eigenvalue weighted by atomic mass is 35.5. The van der Waals surface area contributed by atoms with Gasteiger partial charge in [0.1, 0.15) is 5.75 Å². The van der Waals surface area contributed by atoms with Crippen molar-refractivity contribution in [3.05, 3.63) is 40.5 Å². The van der Waals surface area contributed by atoms with Crippen LogP contribution in [0.15, 0.2) is 22.7 Å². The molecular formula is C13H11ClN2O4. The van der Waals surface area contributed by atoms with E-state index in [2.05, 4.69) is 10.1 Å². The minimum atomic E-state index is -1.04. The number of aromatic carboxylic acids is 1. The molecule has 0 spiro atoms. The van der Waals surface area contributed by atoms with Crippen LogP contribution in [0.1, 0.15) is 40.8 Å².